The summed E-state index contributed by atoms with van der Waals surface area (Å²) in [6.45, 7) is 0. The Bertz CT molecular complexity index is 1060. The zero-order chi connectivity index (χ0) is 22.5. The number of methoxy groups -OCH3 is 2. The lowest BCUT2D eigenvalue weighted by molar-refractivity contribution is -0.276. The van der Waals surface area contributed by atoms with E-state index in [4.69, 9.17) is 0 Å². The van der Waals surface area contributed by atoms with E-state index in [1.165, 1.54) is 12.1 Å². The van der Waals surface area contributed by atoms with Gasteiger partial charge in [-0.25, -0.2) is 22.7 Å². The summed E-state index contributed by atoms with van der Waals surface area (Å²) in [4.78, 5) is 30.1. The first-order valence-electron chi connectivity index (χ1n) is 7.65. The summed E-state index contributed by atoms with van der Waals surface area (Å²) in [5, 5.41) is 1.84. The van der Waals surface area contributed by atoms with Crippen molar-refractivity contribution in [3.63, 3.8) is 0 Å². The van der Waals surface area contributed by atoms with Crippen LogP contribution in [0.2, 0.25) is 0 Å². The molecule has 162 valence electrons. The van der Waals surface area contributed by atoms with Crippen LogP contribution >= 0.6 is 0 Å². The van der Waals surface area contributed by atoms with Crippen molar-refractivity contribution in [2.75, 3.05) is 19.5 Å². The number of benzene rings is 1. The third kappa shape index (κ3) is 5.94. The first kappa shape index (κ1) is 22.7. The predicted octanol–water partition coefficient (Wildman–Crippen LogP) is 1.68. The minimum absolute atomic E-state index is 0.348. The van der Waals surface area contributed by atoms with Gasteiger partial charge in [0.05, 0.1) is 25.8 Å². The van der Waals surface area contributed by atoms with Crippen LogP contribution in [0, 0.1) is 0 Å². The van der Waals surface area contributed by atoms with Crippen LogP contribution in [-0.2, 0) is 14.8 Å². The van der Waals surface area contributed by atoms with E-state index >= 15 is 0 Å². The van der Waals surface area contributed by atoms with Crippen molar-refractivity contribution in [2.45, 2.75) is 11.3 Å². The fourth-order valence-corrected chi connectivity index (χ4v) is 3.12. The second kappa shape index (κ2) is 8.81. The van der Waals surface area contributed by atoms with Gasteiger partial charge in [-0.15, -0.1) is 13.2 Å². The number of hydrogen-bond donors (Lipinski definition) is 2. The molecule has 0 unspecified atom stereocenters. The molecule has 0 radical (unpaired) electrons. The molecular weight excluding hydrogens is 437 g/mol. The Hall–Kier alpha value is -3.62. The first-order chi connectivity index (χ1) is 13.9. The number of rotatable bonds is 6. The molecule has 0 bridgehead atoms. The molecule has 0 atom stereocenters. The van der Waals surface area contributed by atoms with E-state index in [1.807, 2.05) is 5.32 Å². The minimum atomic E-state index is -5.08. The SMILES string of the molecule is COC(=O)c1ccccc1S(=O)(=O)NC(=O)Nc1nc(OC)cc(OC(F)(F)F)n1. The summed E-state index contributed by atoms with van der Waals surface area (Å²) in [5.74, 6) is -3.13. The lowest BCUT2D eigenvalue weighted by atomic mass is 10.2. The average Bonchev–Trinajstić information content (AvgIpc) is 2.65. The molecule has 0 aliphatic rings. The molecule has 1 aromatic heterocycles. The van der Waals surface area contributed by atoms with Crippen LogP contribution in [0.25, 0.3) is 0 Å². The van der Waals surface area contributed by atoms with E-state index in [1.54, 1.807) is 4.72 Å². The Balaban J connectivity index is 2.25. The van der Waals surface area contributed by atoms with Gasteiger partial charge in [0, 0.05) is 0 Å². The monoisotopic (exact) mass is 450 g/mol. The maximum atomic E-state index is 12.4. The fraction of sp³-hybridized carbons (Fsp3) is 0.200. The Morgan fingerprint density at radius 2 is 1.70 bits per heavy atom. The number of anilines is 1. The molecule has 0 aliphatic heterocycles. The summed E-state index contributed by atoms with van der Waals surface area (Å²) >= 11 is 0. The van der Waals surface area contributed by atoms with Crippen LogP contribution in [0.15, 0.2) is 35.2 Å². The van der Waals surface area contributed by atoms with Gasteiger partial charge in [-0.2, -0.15) is 9.97 Å². The number of amides is 2. The molecule has 1 heterocycles. The summed E-state index contributed by atoms with van der Waals surface area (Å²) in [6, 6.07) is 4.13. The van der Waals surface area contributed by atoms with Gasteiger partial charge >= 0.3 is 18.4 Å². The number of nitrogens with one attached hydrogen (secondary N) is 2. The highest BCUT2D eigenvalue weighted by Gasteiger charge is 2.32. The quantitative estimate of drug-likeness (QED) is 0.628. The lowest BCUT2D eigenvalue weighted by Crippen LogP contribution is -2.35. The number of aromatic nitrogens is 2. The molecule has 1 aromatic carbocycles. The van der Waals surface area contributed by atoms with Crippen LogP contribution in [0.4, 0.5) is 23.9 Å². The fourth-order valence-electron chi connectivity index (χ4n) is 2.02. The second-order valence-electron chi connectivity index (χ2n) is 5.17. The smallest absolute Gasteiger partial charge is 0.481 e. The van der Waals surface area contributed by atoms with Crippen molar-refractivity contribution < 1.29 is 45.4 Å². The highest BCUT2D eigenvalue weighted by Crippen LogP contribution is 2.25. The number of carbonyl (C=O) groups excluding carboxylic acids is 2. The number of esters is 1. The molecule has 30 heavy (non-hydrogen) atoms. The Kier molecular flexibility index (Phi) is 6.66. The molecule has 2 N–H and O–H groups in total. The number of sulfonamides is 1. The van der Waals surface area contributed by atoms with Gasteiger partial charge < -0.3 is 14.2 Å². The van der Waals surface area contributed by atoms with E-state index in [0.29, 0.717) is 6.07 Å². The molecule has 15 heteroatoms. The maximum absolute atomic E-state index is 12.4. The van der Waals surface area contributed by atoms with Crippen LogP contribution in [0.1, 0.15) is 10.4 Å². The van der Waals surface area contributed by atoms with E-state index < -0.39 is 51.0 Å². The molecule has 0 fully saturated rings. The van der Waals surface area contributed by atoms with Gasteiger partial charge in [0.15, 0.2) is 0 Å². The second-order valence-corrected chi connectivity index (χ2v) is 6.82. The third-order valence-corrected chi connectivity index (χ3v) is 4.53. The first-order valence-corrected chi connectivity index (χ1v) is 9.13. The van der Waals surface area contributed by atoms with E-state index in [-0.39, 0.29) is 5.56 Å². The third-order valence-electron chi connectivity index (χ3n) is 3.14. The Labute approximate surface area is 167 Å². The topological polar surface area (TPSA) is 146 Å². The number of urea groups is 1. The minimum Gasteiger partial charge on any atom is -0.481 e. The molecular formula is C15H13F3N4O7S. The molecule has 2 aromatic rings. The molecule has 0 aliphatic carbocycles. The number of carbonyl (C=O) groups is 2. The standard InChI is InChI=1S/C15H13F3N4O7S/c1-27-10-7-11(29-15(16,17)18)20-13(19-10)21-14(24)22-30(25,26)9-6-4-3-5-8(9)12(23)28-2/h3-7H,1-2H3,(H2,19,20,21,22,24). The molecule has 2 rings (SSSR count). The van der Waals surface area contributed by atoms with Crippen LogP contribution < -0.4 is 19.5 Å². The molecule has 0 saturated heterocycles. The number of alkyl halides is 3. The van der Waals surface area contributed by atoms with Crippen molar-refractivity contribution >= 4 is 28.0 Å². The summed E-state index contributed by atoms with van der Waals surface area (Å²) < 4.78 is 76.3. The summed E-state index contributed by atoms with van der Waals surface area (Å²) in [7, 11) is -2.47. The predicted molar refractivity (Wildman–Crippen MR) is 92.4 cm³/mol. The van der Waals surface area contributed by atoms with Gasteiger partial charge in [0.1, 0.15) is 4.90 Å². The highest BCUT2D eigenvalue weighted by molar-refractivity contribution is 7.90. The normalized spacial score (nSPS) is 11.4. The van der Waals surface area contributed by atoms with Crippen molar-refractivity contribution in [2.24, 2.45) is 0 Å². The zero-order valence-corrected chi connectivity index (χ0v) is 16.0. The van der Waals surface area contributed by atoms with Crippen molar-refractivity contribution in [1.82, 2.24) is 14.7 Å². The van der Waals surface area contributed by atoms with Crippen LogP contribution in [0.5, 0.6) is 11.8 Å². The molecule has 0 saturated carbocycles. The van der Waals surface area contributed by atoms with Gasteiger partial charge in [0.25, 0.3) is 10.0 Å². The molecule has 2 amide bonds. The van der Waals surface area contributed by atoms with Gasteiger partial charge in [-0.1, -0.05) is 12.1 Å². The Morgan fingerprint density at radius 1 is 1.07 bits per heavy atom. The number of hydrogen-bond acceptors (Lipinski definition) is 9. The Morgan fingerprint density at radius 3 is 2.30 bits per heavy atom. The van der Waals surface area contributed by atoms with Gasteiger partial charge in [-0.05, 0) is 12.1 Å². The van der Waals surface area contributed by atoms with Crippen LogP contribution in [-0.4, -0.2) is 51.0 Å². The van der Waals surface area contributed by atoms with Crippen LogP contribution in [0.3, 0.4) is 0 Å². The summed E-state index contributed by atoms with van der Waals surface area (Å²) in [5.41, 5.74) is -0.348. The average molecular weight is 450 g/mol. The van der Waals surface area contributed by atoms with Crippen molar-refractivity contribution in [1.29, 1.82) is 0 Å². The van der Waals surface area contributed by atoms with E-state index in [2.05, 4.69) is 24.2 Å². The number of halogens is 3. The van der Waals surface area contributed by atoms with Crippen molar-refractivity contribution in [3.05, 3.63) is 35.9 Å². The summed E-state index contributed by atoms with van der Waals surface area (Å²) in [6.07, 6.45) is -5.08. The molecule has 11 nitrogen and oxygen atoms in total. The lowest BCUT2D eigenvalue weighted by Gasteiger charge is -2.12. The van der Waals surface area contributed by atoms with E-state index in [0.717, 1.165) is 26.4 Å². The largest absolute Gasteiger partial charge is 0.574 e. The highest BCUT2D eigenvalue weighted by atomic mass is 32.2. The molecule has 0 spiro atoms. The van der Waals surface area contributed by atoms with Gasteiger partial charge in [-0.3, -0.25) is 5.32 Å². The van der Waals surface area contributed by atoms with Gasteiger partial charge in [0.2, 0.25) is 17.7 Å². The number of nitrogens with zero attached hydrogens (tertiary/aromatic N) is 2. The van der Waals surface area contributed by atoms with E-state index in [9.17, 15) is 31.2 Å². The van der Waals surface area contributed by atoms with Crippen molar-refractivity contribution in [3.8, 4) is 11.8 Å². The maximum Gasteiger partial charge on any atom is 0.574 e. The number of ether oxygens (including phenoxy) is 3. The zero-order valence-electron chi connectivity index (χ0n) is 15.2.